The van der Waals surface area contributed by atoms with E-state index in [1.165, 1.54) is 4.90 Å². The largest absolute Gasteiger partial charge is 0.480 e. The number of amides is 2. The number of benzene rings is 2. The molecule has 2 amide bonds. The van der Waals surface area contributed by atoms with E-state index in [0.29, 0.717) is 13.0 Å². The molecule has 4 atom stereocenters. The van der Waals surface area contributed by atoms with Gasteiger partial charge in [-0.2, -0.15) is 11.8 Å². The first-order valence-electron chi connectivity index (χ1n) is 13.0. The van der Waals surface area contributed by atoms with Crippen LogP contribution in [-0.4, -0.2) is 63.7 Å². The Morgan fingerprint density at radius 2 is 1.58 bits per heavy atom. The summed E-state index contributed by atoms with van der Waals surface area (Å²) in [5, 5.41) is 12.7. The van der Waals surface area contributed by atoms with Crippen molar-refractivity contribution in [1.82, 2.24) is 10.2 Å². The summed E-state index contributed by atoms with van der Waals surface area (Å²) in [5.74, 6) is -1.59. The van der Waals surface area contributed by atoms with Crippen LogP contribution in [0.2, 0.25) is 0 Å². The Morgan fingerprint density at radius 1 is 1.00 bits per heavy atom. The van der Waals surface area contributed by atoms with Crippen molar-refractivity contribution in [3.63, 3.8) is 0 Å². The minimum Gasteiger partial charge on any atom is -0.480 e. The van der Waals surface area contributed by atoms with Crippen LogP contribution in [0, 0.1) is 5.41 Å². The summed E-state index contributed by atoms with van der Waals surface area (Å²) in [6.07, 6.45) is 1.58. The Hall–Kier alpha value is -3.00. The molecule has 0 saturated carbocycles. The second-order valence-corrected chi connectivity index (χ2v) is 12.7. The average molecular weight is 541 g/mol. The Labute approximate surface area is 230 Å². The van der Waals surface area contributed by atoms with E-state index in [9.17, 15) is 19.5 Å². The number of thioether (sulfide) groups is 1. The molecule has 1 fully saturated rings. The first kappa shape index (κ1) is 29.6. The van der Waals surface area contributed by atoms with Gasteiger partial charge in [0.15, 0.2) is 0 Å². The summed E-state index contributed by atoms with van der Waals surface area (Å²) in [7, 11) is 0. The molecule has 0 aromatic heterocycles. The lowest BCUT2D eigenvalue weighted by Crippen LogP contribution is -2.59. The van der Waals surface area contributed by atoms with Crippen LogP contribution < -0.4 is 5.32 Å². The SMILES string of the molecule is CSC1CC(C(=O)O)N(C(=O)C(NC(=O)OC(C)(C)C)C(C)(C)C(C)c2ccc(-c3ccccc3)cc2)C1. The van der Waals surface area contributed by atoms with Crippen LogP contribution in [0.1, 0.15) is 59.4 Å². The van der Waals surface area contributed by atoms with E-state index in [0.717, 1.165) is 16.7 Å². The number of carboxylic acid groups (broad SMARTS) is 1. The maximum absolute atomic E-state index is 14.0. The number of likely N-dealkylation sites (tertiary alicyclic amines) is 1. The molecule has 0 spiro atoms. The molecule has 1 aliphatic rings. The maximum Gasteiger partial charge on any atom is 0.408 e. The lowest BCUT2D eigenvalue weighted by molar-refractivity contribution is -0.150. The molecular weight excluding hydrogens is 500 g/mol. The molecule has 8 heteroatoms. The molecule has 2 aromatic rings. The summed E-state index contributed by atoms with van der Waals surface area (Å²) in [6, 6.07) is 16.4. The minimum absolute atomic E-state index is 0.0216. The second kappa shape index (κ2) is 11.8. The number of carbonyl (C=O) groups excluding carboxylic acids is 2. The van der Waals surface area contributed by atoms with Gasteiger partial charge in [0, 0.05) is 17.2 Å². The van der Waals surface area contributed by atoms with E-state index in [1.54, 1.807) is 32.5 Å². The number of carbonyl (C=O) groups is 3. The predicted molar refractivity (Wildman–Crippen MR) is 152 cm³/mol. The molecule has 4 unspecified atom stereocenters. The molecule has 2 aromatic carbocycles. The Balaban J connectivity index is 1.94. The highest BCUT2D eigenvalue weighted by Gasteiger charge is 2.48. The van der Waals surface area contributed by atoms with E-state index < -0.39 is 41.1 Å². The zero-order valence-electron chi connectivity index (χ0n) is 23.4. The number of alkyl carbamates (subject to hydrolysis) is 1. The molecule has 38 heavy (non-hydrogen) atoms. The van der Waals surface area contributed by atoms with Crippen LogP contribution in [0.15, 0.2) is 54.6 Å². The highest BCUT2D eigenvalue weighted by atomic mass is 32.2. The van der Waals surface area contributed by atoms with E-state index in [-0.39, 0.29) is 11.2 Å². The maximum atomic E-state index is 14.0. The van der Waals surface area contributed by atoms with E-state index in [4.69, 9.17) is 4.74 Å². The van der Waals surface area contributed by atoms with Crippen LogP contribution in [0.3, 0.4) is 0 Å². The van der Waals surface area contributed by atoms with Crippen LogP contribution in [0.5, 0.6) is 0 Å². The molecule has 7 nitrogen and oxygen atoms in total. The normalized spacial score (nSPS) is 19.5. The average Bonchev–Trinajstić information content (AvgIpc) is 3.31. The molecule has 206 valence electrons. The molecule has 0 radical (unpaired) electrons. The quantitative estimate of drug-likeness (QED) is 0.440. The highest BCUT2D eigenvalue weighted by Crippen LogP contribution is 2.41. The van der Waals surface area contributed by atoms with Crippen molar-refractivity contribution in [3.8, 4) is 11.1 Å². The van der Waals surface area contributed by atoms with E-state index in [2.05, 4.69) is 29.6 Å². The third-order valence-corrected chi connectivity index (χ3v) is 8.46. The Morgan fingerprint density at radius 3 is 2.11 bits per heavy atom. The minimum atomic E-state index is -1.03. The van der Waals surface area contributed by atoms with Crippen molar-refractivity contribution in [2.45, 2.75) is 76.8 Å². The van der Waals surface area contributed by atoms with Crippen molar-refractivity contribution in [3.05, 3.63) is 60.2 Å². The van der Waals surface area contributed by atoms with Gasteiger partial charge in [0.05, 0.1) is 0 Å². The van der Waals surface area contributed by atoms with Crippen LogP contribution in [0.25, 0.3) is 11.1 Å². The number of rotatable bonds is 8. The van der Waals surface area contributed by atoms with Crippen molar-refractivity contribution in [1.29, 1.82) is 0 Å². The zero-order valence-corrected chi connectivity index (χ0v) is 24.2. The number of nitrogens with zero attached hydrogens (tertiary/aromatic N) is 1. The van der Waals surface area contributed by atoms with Gasteiger partial charge in [-0.05, 0) is 56.1 Å². The van der Waals surface area contributed by atoms with Crippen molar-refractivity contribution in [2.75, 3.05) is 12.8 Å². The molecule has 1 aliphatic heterocycles. The third kappa shape index (κ3) is 6.90. The van der Waals surface area contributed by atoms with Crippen LogP contribution in [-0.2, 0) is 14.3 Å². The fraction of sp³-hybridized carbons (Fsp3) is 0.500. The van der Waals surface area contributed by atoms with E-state index in [1.807, 2.05) is 57.4 Å². The lowest BCUT2D eigenvalue weighted by Gasteiger charge is -2.41. The fourth-order valence-corrected chi connectivity index (χ4v) is 5.56. The number of ether oxygens (including phenoxy) is 1. The molecular formula is C30H40N2O5S. The van der Waals surface area contributed by atoms with Gasteiger partial charge in [0.2, 0.25) is 5.91 Å². The second-order valence-electron chi connectivity index (χ2n) is 11.5. The van der Waals surface area contributed by atoms with Crippen molar-refractivity contribution >= 4 is 29.7 Å². The van der Waals surface area contributed by atoms with Gasteiger partial charge < -0.3 is 20.1 Å². The summed E-state index contributed by atoms with van der Waals surface area (Å²) >= 11 is 1.55. The fourth-order valence-electron chi connectivity index (χ4n) is 4.88. The summed E-state index contributed by atoms with van der Waals surface area (Å²) in [6.45, 7) is 11.5. The summed E-state index contributed by atoms with van der Waals surface area (Å²) < 4.78 is 5.50. The van der Waals surface area contributed by atoms with Crippen molar-refractivity contribution < 1.29 is 24.2 Å². The van der Waals surface area contributed by atoms with Gasteiger partial charge in [-0.15, -0.1) is 0 Å². The van der Waals surface area contributed by atoms with Gasteiger partial charge >= 0.3 is 12.1 Å². The molecule has 0 bridgehead atoms. The summed E-state index contributed by atoms with van der Waals surface area (Å²) in [5.41, 5.74) is 1.69. The highest BCUT2D eigenvalue weighted by molar-refractivity contribution is 7.99. The number of hydrogen-bond acceptors (Lipinski definition) is 5. The van der Waals surface area contributed by atoms with Gasteiger partial charge in [-0.3, -0.25) is 4.79 Å². The van der Waals surface area contributed by atoms with Gasteiger partial charge in [0.1, 0.15) is 17.7 Å². The predicted octanol–water partition coefficient (Wildman–Crippen LogP) is 5.79. The number of nitrogens with one attached hydrogen (secondary N) is 1. The molecule has 3 rings (SSSR count). The first-order valence-corrected chi connectivity index (χ1v) is 14.2. The zero-order chi connectivity index (χ0) is 28.3. The molecule has 2 N–H and O–H groups in total. The molecule has 1 saturated heterocycles. The monoisotopic (exact) mass is 540 g/mol. The molecule has 1 heterocycles. The van der Waals surface area contributed by atoms with Crippen molar-refractivity contribution in [2.24, 2.45) is 5.41 Å². The lowest BCUT2D eigenvalue weighted by atomic mass is 9.70. The summed E-state index contributed by atoms with van der Waals surface area (Å²) in [4.78, 5) is 40.4. The number of aliphatic carboxylic acids is 1. The third-order valence-electron chi connectivity index (χ3n) is 7.45. The van der Waals surface area contributed by atoms with Gasteiger partial charge in [-0.1, -0.05) is 75.4 Å². The molecule has 0 aliphatic carbocycles. The first-order chi connectivity index (χ1) is 17.7. The Kier molecular flexibility index (Phi) is 9.18. The topological polar surface area (TPSA) is 95.9 Å². The van der Waals surface area contributed by atoms with Gasteiger partial charge in [-0.25, -0.2) is 9.59 Å². The number of hydrogen-bond donors (Lipinski definition) is 2. The number of carboxylic acids is 1. The van der Waals surface area contributed by atoms with Crippen LogP contribution in [0.4, 0.5) is 4.79 Å². The smallest absolute Gasteiger partial charge is 0.408 e. The van der Waals surface area contributed by atoms with Gasteiger partial charge in [0.25, 0.3) is 0 Å². The Bertz CT molecular complexity index is 1130. The standard InChI is InChI=1S/C30H40N2O5S/c1-19(20-13-15-22(16-14-20)21-11-9-8-10-12-21)30(5,6)25(31-28(36)37-29(2,3)4)26(33)32-18-23(38-7)17-24(32)27(34)35/h8-16,19,23-25H,17-18H2,1-7H3,(H,31,36)(H,34,35). The van der Waals surface area contributed by atoms with E-state index >= 15 is 0 Å². The van der Waals surface area contributed by atoms with Crippen LogP contribution >= 0.6 is 11.8 Å².